The Morgan fingerprint density at radius 3 is 2.62 bits per heavy atom. The Morgan fingerprint density at radius 2 is 1.88 bits per heavy atom. The number of allylic oxidation sites excluding steroid dienone is 3. The first-order chi connectivity index (χ1) is 7.84. The fourth-order valence-corrected chi connectivity index (χ4v) is 1.62. The van der Waals surface area contributed by atoms with Crippen molar-refractivity contribution in [2.45, 2.75) is 39.5 Å². The predicted molar refractivity (Wildman–Crippen MR) is 73.5 cm³/mol. The minimum absolute atomic E-state index is 1.20. The van der Waals surface area contributed by atoms with Crippen molar-refractivity contribution >= 4 is 6.08 Å². The quantitative estimate of drug-likeness (QED) is 0.454. The van der Waals surface area contributed by atoms with E-state index in [-0.39, 0.29) is 0 Å². The highest BCUT2D eigenvalue weighted by atomic mass is 13.9. The summed E-state index contributed by atoms with van der Waals surface area (Å²) in [7, 11) is 0. The van der Waals surface area contributed by atoms with Gasteiger partial charge in [0.1, 0.15) is 0 Å². The zero-order valence-corrected chi connectivity index (χ0v) is 10.4. The zero-order chi connectivity index (χ0) is 11.6. The van der Waals surface area contributed by atoms with E-state index in [4.69, 9.17) is 0 Å². The fourth-order valence-electron chi connectivity index (χ4n) is 1.62. The van der Waals surface area contributed by atoms with Crippen LogP contribution in [0.15, 0.2) is 42.5 Å². The van der Waals surface area contributed by atoms with Gasteiger partial charge in [-0.25, -0.2) is 0 Å². The largest absolute Gasteiger partial charge is 0.0845 e. The average Bonchev–Trinajstić information content (AvgIpc) is 2.30. The van der Waals surface area contributed by atoms with Crippen molar-refractivity contribution in [3.63, 3.8) is 0 Å². The molecule has 0 aliphatic carbocycles. The minimum Gasteiger partial charge on any atom is -0.0845 e. The van der Waals surface area contributed by atoms with Crippen LogP contribution in [0.3, 0.4) is 0 Å². The molecular formula is C16H22. The molecule has 0 saturated heterocycles. The first-order valence-corrected chi connectivity index (χ1v) is 6.23. The lowest BCUT2D eigenvalue weighted by Gasteiger charge is -1.96. The zero-order valence-electron chi connectivity index (χ0n) is 10.4. The van der Waals surface area contributed by atoms with Gasteiger partial charge < -0.3 is 0 Å². The number of benzene rings is 1. The molecule has 0 spiro atoms. The number of rotatable bonds is 6. The Labute approximate surface area is 99.7 Å². The molecule has 0 aliphatic heterocycles. The Kier molecular flexibility index (Phi) is 6.32. The molecule has 0 unspecified atom stereocenters. The van der Waals surface area contributed by atoms with Crippen molar-refractivity contribution in [1.82, 2.24) is 0 Å². The monoisotopic (exact) mass is 214 g/mol. The number of aryl methyl sites for hydroxylation is 1. The highest BCUT2D eigenvalue weighted by molar-refractivity contribution is 5.54. The highest BCUT2D eigenvalue weighted by Crippen LogP contribution is 2.08. The molecule has 0 amide bonds. The maximum Gasteiger partial charge on any atom is -0.0227 e. The summed E-state index contributed by atoms with van der Waals surface area (Å²) in [5, 5.41) is 0. The lowest BCUT2D eigenvalue weighted by Crippen LogP contribution is -1.77. The summed E-state index contributed by atoms with van der Waals surface area (Å²) >= 11 is 0. The summed E-state index contributed by atoms with van der Waals surface area (Å²) < 4.78 is 0. The smallest absolute Gasteiger partial charge is 0.0227 e. The first kappa shape index (κ1) is 12.8. The second-order valence-corrected chi connectivity index (χ2v) is 4.14. The molecule has 1 aromatic rings. The molecule has 0 radical (unpaired) electrons. The van der Waals surface area contributed by atoms with E-state index < -0.39 is 0 Å². The number of hydrogen-bond acceptors (Lipinski definition) is 0. The van der Waals surface area contributed by atoms with E-state index in [0.717, 1.165) is 0 Å². The molecule has 16 heavy (non-hydrogen) atoms. The maximum atomic E-state index is 2.25. The van der Waals surface area contributed by atoms with E-state index in [1.165, 1.54) is 36.8 Å². The Bertz CT molecular complexity index is 345. The van der Waals surface area contributed by atoms with Gasteiger partial charge in [0, 0.05) is 0 Å². The van der Waals surface area contributed by atoms with Crippen LogP contribution < -0.4 is 0 Å². The summed E-state index contributed by atoms with van der Waals surface area (Å²) in [4.78, 5) is 0. The molecule has 0 heteroatoms. The fraction of sp³-hybridized carbons (Fsp3) is 0.375. The third-order valence-corrected chi connectivity index (χ3v) is 2.69. The van der Waals surface area contributed by atoms with Crippen molar-refractivity contribution in [3.8, 4) is 0 Å². The molecule has 0 heterocycles. The van der Waals surface area contributed by atoms with Crippen LogP contribution in [0.2, 0.25) is 0 Å². The Balaban J connectivity index is 2.34. The number of unbranched alkanes of at least 4 members (excludes halogenated alkanes) is 3. The van der Waals surface area contributed by atoms with Gasteiger partial charge in [0.05, 0.1) is 0 Å². The van der Waals surface area contributed by atoms with Crippen LogP contribution in [-0.4, -0.2) is 0 Å². The molecule has 0 saturated carbocycles. The lowest BCUT2D eigenvalue weighted by atomic mass is 10.1. The highest BCUT2D eigenvalue weighted by Gasteiger charge is 1.88. The van der Waals surface area contributed by atoms with Crippen molar-refractivity contribution in [1.29, 1.82) is 0 Å². The topological polar surface area (TPSA) is 0 Å². The third kappa shape index (κ3) is 4.97. The van der Waals surface area contributed by atoms with Crippen LogP contribution >= 0.6 is 0 Å². The van der Waals surface area contributed by atoms with Crippen molar-refractivity contribution < 1.29 is 0 Å². The van der Waals surface area contributed by atoms with Gasteiger partial charge >= 0.3 is 0 Å². The third-order valence-electron chi connectivity index (χ3n) is 2.69. The van der Waals surface area contributed by atoms with E-state index in [9.17, 15) is 0 Å². The predicted octanol–water partition coefficient (Wildman–Crippen LogP) is 5.14. The van der Waals surface area contributed by atoms with Gasteiger partial charge in [0.25, 0.3) is 0 Å². The molecule has 86 valence electrons. The van der Waals surface area contributed by atoms with Gasteiger partial charge in [0.2, 0.25) is 0 Å². The van der Waals surface area contributed by atoms with Crippen molar-refractivity contribution in [2.24, 2.45) is 0 Å². The maximum absolute atomic E-state index is 2.25. The molecular weight excluding hydrogens is 192 g/mol. The SMILES string of the molecule is CCCCCC=CC=Cc1ccccc1C. The van der Waals surface area contributed by atoms with E-state index in [1.54, 1.807) is 0 Å². The van der Waals surface area contributed by atoms with Gasteiger partial charge in [-0.05, 0) is 30.9 Å². The molecule has 0 fully saturated rings. The number of hydrogen-bond donors (Lipinski definition) is 0. The Morgan fingerprint density at radius 1 is 1.06 bits per heavy atom. The van der Waals surface area contributed by atoms with E-state index >= 15 is 0 Å². The summed E-state index contributed by atoms with van der Waals surface area (Å²) in [6.45, 7) is 4.38. The molecule has 0 nitrogen and oxygen atoms in total. The molecule has 1 rings (SSSR count). The molecule has 0 atom stereocenters. The van der Waals surface area contributed by atoms with Crippen LogP contribution in [0.4, 0.5) is 0 Å². The molecule has 0 aliphatic rings. The van der Waals surface area contributed by atoms with Gasteiger partial charge in [-0.3, -0.25) is 0 Å². The lowest BCUT2D eigenvalue weighted by molar-refractivity contribution is 0.729. The van der Waals surface area contributed by atoms with Gasteiger partial charge in [-0.2, -0.15) is 0 Å². The minimum atomic E-state index is 1.20. The average molecular weight is 214 g/mol. The molecule has 0 N–H and O–H groups in total. The molecule has 1 aromatic carbocycles. The van der Waals surface area contributed by atoms with Gasteiger partial charge in [0.15, 0.2) is 0 Å². The Hall–Kier alpha value is -1.30. The van der Waals surface area contributed by atoms with Crippen LogP contribution in [0.25, 0.3) is 6.08 Å². The van der Waals surface area contributed by atoms with Crippen LogP contribution in [0.1, 0.15) is 43.7 Å². The first-order valence-electron chi connectivity index (χ1n) is 6.23. The molecule has 0 bridgehead atoms. The standard InChI is InChI=1S/C16H22/c1-3-4-5-6-7-8-9-13-16-14-11-10-12-15(16)2/h7-14H,3-6H2,1-2H3. The van der Waals surface area contributed by atoms with Crippen LogP contribution in [0, 0.1) is 6.92 Å². The van der Waals surface area contributed by atoms with E-state index in [0.29, 0.717) is 0 Å². The molecule has 0 aromatic heterocycles. The summed E-state index contributed by atoms with van der Waals surface area (Å²) in [6.07, 6.45) is 13.9. The van der Waals surface area contributed by atoms with Gasteiger partial charge in [-0.1, -0.05) is 68.3 Å². The second kappa shape index (κ2) is 7.92. The van der Waals surface area contributed by atoms with Crippen molar-refractivity contribution in [3.05, 3.63) is 53.6 Å². The summed E-state index contributed by atoms with van der Waals surface area (Å²) in [5.74, 6) is 0. The summed E-state index contributed by atoms with van der Waals surface area (Å²) in [5.41, 5.74) is 2.64. The normalized spacial score (nSPS) is 11.6. The van der Waals surface area contributed by atoms with Crippen LogP contribution in [-0.2, 0) is 0 Å². The second-order valence-electron chi connectivity index (χ2n) is 4.14. The van der Waals surface area contributed by atoms with Crippen molar-refractivity contribution in [2.75, 3.05) is 0 Å². The van der Waals surface area contributed by atoms with Crippen LogP contribution in [0.5, 0.6) is 0 Å². The summed E-state index contributed by atoms with van der Waals surface area (Å²) in [6, 6.07) is 8.45. The van der Waals surface area contributed by atoms with Gasteiger partial charge in [-0.15, -0.1) is 0 Å². The van der Waals surface area contributed by atoms with E-state index in [2.05, 4.69) is 62.4 Å². The van der Waals surface area contributed by atoms with E-state index in [1.807, 2.05) is 0 Å².